The minimum Gasteiger partial charge on any atom is -0.381 e. The second-order valence-corrected chi connectivity index (χ2v) is 13.4. The van der Waals surface area contributed by atoms with Gasteiger partial charge in [0.25, 0.3) is 0 Å². The van der Waals surface area contributed by atoms with E-state index in [1.807, 2.05) is 26.2 Å². The Bertz CT molecular complexity index is 1810. The molecule has 0 radical (unpaired) electrons. The zero-order valence-corrected chi connectivity index (χ0v) is 24.1. The van der Waals surface area contributed by atoms with Crippen LogP contribution in [0.25, 0.3) is 33.5 Å². The van der Waals surface area contributed by atoms with Gasteiger partial charge in [-0.2, -0.15) is 0 Å². The monoisotopic (exact) mass is 571 g/mol. The van der Waals surface area contributed by atoms with Gasteiger partial charge in [0, 0.05) is 38.7 Å². The molecule has 41 heavy (non-hydrogen) atoms. The summed E-state index contributed by atoms with van der Waals surface area (Å²) in [6, 6.07) is 17.0. The van der Waals surface area contributed by atoms with Crippen molar-refractivity contribution in [3.63, 3.8) is 0 Å². The van der Waals surface area contributed by atoms with E-state index in [2.05, 4.69) is 62.2 Å². The number of hydrogen-bond donors (Lipinski definition) is 0. The molecule has 0 aliphatic carbocycles. The summed E-state index contributed by atoms with van der Waals surface area (Å²) in [4.78, 5) is 12.4. The predicted octanol–water partition coefficient (Wildman–Crippen LogP) is 3.94. The summed E-state index contributed by atoms with van der Waals surface area (Å²) in [7, 11) is -1.11. The van der Waals surface area contributed by atoms with Crippen LogP contribution in [0.1, 0.15) is 30.1 Å². The van der Waals surface area contributed by atoms with E-state index in [1.165, 1.54) is 5.56 Å². The van der Waals surface area contributed by atoms with Gasteiger partial charge in [0.2, 0.25) is 0 Å². The summed E-state index contributed by atoms with van der Waals surface area (Å²) in [5.74, 6) is 0.664. The number of benzene rings is 1. The van der Waals surface area contributed by atoms with Gasteiger partial charge in [0.15, 0.2) is 9.84 Å². The van der Waals surface area contributed by atoms with Crippen molar-refractivity contribution in [2.45, 2.75) is 25.8 Å². The van der Waals surface area contributed by atoms with Crippen LogP contribution in [0.4, 0.5) is 5.69 Å². The Balaban J connectivity index is 1.48. The first kappa shape index (κ1) is 26.1. The molecule has 1 aromatic carbocycles. The molecule has 2 saturated heterocycles. The molecule has 212 valence electrons. The smallest absolute Gasteiger partial charge is 0.153 e. The van der Waals surface area contributed by atoms with E-state index in [9.17, 15) is 8.42 Å². The van der Waals surface area contributed by atoms with Gasteiger partial charge in [-0.3, -0.25) is 4.98 Å². The molecule has 4 aromatic heterocycles. The SMILES string of the molecule is Cc1nnn(C)c1-c1ccc2c3ncc(N4CCS(=O)(=O)CC4)cc3n([C@H](c3ccccc3)C3CCOCC3)c2n1. The standard InChI is InChI=1S/C30H33N7O3S/c1-20-28(35(2)34-33-20)25-9-8-24-27-26(18-23(19-31-27)36-12-16-41(38,39)17-13-36)37(30(24)32-25)29(21-6-4-3-5-7-21)22-10-14-40-15-11-22/h3-9,18-19,22,29H,10-17H2,1-2H3/t29-/m1/s1. The van der Waals surface area contributed by atoms with E-state index in [0.717, 1.165) is 70.9 Å². The molecule has 0 bridgehead atoms. The maximum Gasteiger partial charge on any atom is 0.153 e. The molecule has 5 aromatic rings. The van der Waals surface area contributed by atoms with Crippen molar-refractivity contribution >= 4 is 37.6 Å². The van der Waals surface area contributed by atoms with Crippen molar-refractivity contribution in [2.75, 3.05) is 42.7 Å². The summed E-state index contributed by atoms with van der Waals surface area (Å²) >= 11 is 0. The number of anilines is 1. The number of aromatic nitrogens is 6. The van der Waals surface area contributed by atoms with Gasteiger partial charge in [0.1, 0.15) is 11.3 Å². The molecule has 10 nitrogen and oxygen atoms in total. The minimum absolute atomic E-state index is 0.0207. The Morgan fingerprint density at radius 1 is 1.02 bits per heavy atom. The van der Waals surface area contributed by atoms with Gasteiger partial charge >= 0.3 is 0 Å². The topological polar surface area (TPSA) is 108 Å². The Hall–Kier alpha value is -3.83. The Morgan fingerprint density at radius 3 is 2.49 bits per heavy atom. The van der Waals surface area contributed by atoms with E-state index in [4.69, 9.17) is 14.7 Å². The van der Waals surface area contributed by atoms with Crippen molar-refractivity contribution in [2.24, 2.45) is 13.0 Å². The summed E-state index contributed by atoms with van der Waals surface area (Å²) in [5, 5.41) is 9.46. The van der Waals surface area contributed by atoms with E-state index in [-0.39, 0.29) is 17.5 Å². The maximum absolute atomic E-state index is 12.1. The number of rotatable bonds is 5. The van der Waals surface area contributed by atoms with Crippen LogP contribution < -0.4 is 4.90 Å². The van der Waals surface area contributed by atoms with E-state index >= 15 is 0 Å². The Morgan fingerprint density at radius 2 is 1.78 bits per heavy atom. The van der Waals surface area contributed by atoms with E-state index < -0.39 is 9.84 Å². The van der Waals surface area contributed by atoms with Crippen LogP contribution in [-0.2, 0) is 21.6 Å². The van der Waals surface area contributed by atoms with Gasteiger partial charge < -0.3 is 14.2 Å². The summed E-state index contributed by atoms with van der Waals surface area (Å²) in [5.41, 5.74) is 7.42. The molecule has 0 unspecified atom stereocenters. The van der Waals surface area contributed by atoms with Gasteiger partial charge in [-0.1, -0.05) is 35.5 Å². The summed E-state index contributed by atoms with van der Waals surface area (Å²) < 4.78 is 34.2. The first-order valence-electron chi connectivity index (χ1n) is 14.1. The average Bonchev–Trinajstić information content (AvgIpc) is 3.49. The van der Waals surface area contributed by atoms with Gasteiger partial charge in [0.05, 0.1) is 51.9 Å². The molecule has 2 aliphatic heterocycles. The lowest BCUT2D eigenvalue weighted by Crippen LogP contribution is -2.40. The van der Waals surface area contributed by atoms with Crippen molar-refractivity contribution in [3.8, 4) is 11.4 Å². The molecule has 0 saturated carbocycles. The van der Waals surface area contributed by atoms with Crippen LogP contribution in [0.5, 0.6) is 0 Å². The van der Waals surface area contributed by atoms with Crippen LogP contribution in [0.15, 0.2) is 54.7 Å². The van der Waals surface area contributed by atoms with Gasteiger partial charge in [-0.05, 0) is 49.4 Å². The lowest BCUT2D eigenvalue weighted by atomic mass is 9.86. The molecule has 0 N–H and O–H groups in total. The quantitative estimate of drug-likeness (QED) is 0.312. The number of fused-ring (bicyclic) bond motifs is 3. The molecular formula is C30H33N7O3S. The molecule has 2 fully saturated rings. The second-order valence-electron chi connectivity index (χ2n) is 11.1. The molecule has 7 rings (SSSR count). The summed E-state index contributed by atoms with van der Waals surface area (Å²) in [6.45, 7) is 4.34. The summed E-state index contributed by atoms with van der Waals surface area (Å²) in [6.07, 6.45) is 3.77. The van der Waals surface area contributed by atoms with Crippen molar-refractivity contribution in [1.82, 2.24) is 29.5 Å². The second kappa shape index (κ2) is 10.2. The normalized spacial score (nSPS) is 18.7. The first-order valence-corrected chi connectivity index (χ1v) is 16.0. The largest absolute Gasteiger partial charge is 0.381 e. The highest BCUT2D eigenvalue weighted by molar-refractivity contribution is 7.91. The Kier molecular flexibility index (Phi) is 6.50. The van der Waals surface area contributed by atoms with Gasteiger partial charge in [-0.15, -0.1) is 5.10 Å². The van der Waals surface area contributed by atoms with Crippen molar-refractivity contribution in [3.05, 3.63) is 66.0 Å². The number of sulfone groups is 1. The average molecular weight is 572 g/mol. The third-order valence-electron chi connectivity index (χ3n) is 8.55. The third-order valence-corrected chi connectivity index (χ3v) is 10.2. The zero-order valence-electron chi connectivity index (χ0n) is 23.3. The first-order chi connectivity index (χ1) is 19.9. The number of ether oxygens (including phenoxy) is 1. The minimum atomic E-state index is -2.99. The van der Waals surface area contributed by atoms with Crippen molar-refractivity contribution < 1.29 is 13.2 Å². The fraction of sp³-hybridized carbons (Fsp3) is 0.400. The van der Waals surface area contributed by atoms with Crippen LogP contribution in [0, 0.1) is 12.8 Å². The molecule has 0 amide bonds. The molecular weight excluding hydrogens is 538 g/mol. The van der Waals surface area contributed by atoms with E-state index in [0.29, 0.717) is 19.0 Å². The fourth-order valence-electron chi connectivity index (χ4n) is 6.45. The highest BCUT2D eigenvalue weighted by Crippen LogP contribution is 2.41. The highest BCUT2D eigenvalue weighted by atomic mass is 32.2. The number of pyridine rings is 2. The lowest BCUT2D eigenvalue weighted by molar-refractivity contribution is 0.0552. The number of hydrogen-bond acceptors (Lipinski definition) is 8. The highest BCUT2D eigenvalue weighted by Gasteiger charge is 2.31. The molecule has 11 heteroatoms. The van der Waals surface area contributed by atoms with Crippen LogP contribution in [0.3, 0.4) is 0 Å². The predicted molar refractivity (Wildman–Crippen MR) is 159 cm³/mol. The third kappa shape index (κ3) is 4.66. The van der Waals surface area contributed by atoms with Gasteiger partial charge in [-0.25, -0.2) is 18.1 Å². The lowest BCUT2D eigenvalue weighted by Gasteiger charge is -2.33. The zero-order chi connectivity index (χ0) is 28.1. The van der Waals surface area contributed by atoms with Crippen LogP contribution >= 0.6 is 0 Å². The van der Waals surface area contributed by atoms with Crippen molar-refractivity contribution in [1.29, 1.82) is 0 Å². The fourth-order valence-corrected chi connectivity index (χ4v) is 7.65. The van der Waals surface area contributed by atoms with Crippen LogP contribution in [-0.4, -0.2) is 75.8 Å². The Labute approximate surface area is 238 Å². The maximum atomic E-state index is 12.1. The van der Waals surface area contributed by atoms with E-state index in [1.54, 1.807) is 4.68 Å². The number of aryl methyl sites for hydroxylation is 2. The molecule has 1 atom stereocenters. The molecule has 0 spiro atoms. The molecule has 2 aliphatic rings. The van der Waals surface area contributed by atoms with Crippen LogP contribution in [0.2, 0.25) is 0 Å². The number of nitrogens with zero attached hydrogens (tertiary/aromatic N) is 7. The molecule has 6 heterocycles.